The highest BCUT2D eigenvalue weighted by Crippen LogP contribution is 2.16. The Hall–Kier alpha value is -2.58. The fourth-order valence-corrected chi connectivity index (χ4v) is 3.75. The molecule has 0 atom stereocenters. The van der Waals surface area contributed by atoms with Crippen LogP contribution in [0.1, 0.15) is 0 Å². The molecule has 0 aliphatic heterocycles. The second kappa shape index (κ2) is 6.50. The van der Waals surface area contributed by atoms with Crippen molar-refractivity contribution in [3.05, 3.63) is 84.9 Å². The molecule has 0 spiro atoms. The molecule has 1 nitrogen and oxygen atoms in total. The zero-order valence-electron chi connectivity index (χ0n) is 13.7. The molecule has 0 saturated heterocycles. The van der Waals surface area contributed by atoms with Crippen molar-refractivity contribution in [1.82, 2.24) is 0 Å². The standard InChI is InChI=1S/C22H20BN/c24-16-15-23(21-13-5-9-17-7-1-3-11-19(17)21)22-14-6-10-18-8-2-4-12-20(18)22/h1-14H,15-16,24H2. The molecule has 0 aliphatic rings. The maximum absolute atomic E-state index is 5.99. The number of nitrogens with two attached hydrogens (primary N) is 1. The molecule has 0 radical (unpaired) electrons. The second-order valence-corrected chi connectivity index (χ2v) is 6.27. The van der Waals surface area contributed by atoms with E-state index in [9.17, 15) is 0 Å². The molecule has 4 aromatic carbocycles. The van der Waals surface area contributed by atoms with Crippen LogP contribution >= 0.6 is 0 Å². The van der Waals surface area contributed by atoms with Gasteiger partial charge in [0.25, 0.3) is 0 Å². The van der Waals surface area contributed by atoms with Gasteiger partial charge in [0.2, 0.25) is 6.71 Å². The summed E-state index contributed by atoms with van der Waals surface area (Å²) in [5.74, 6) is 0. The van der Waals surface area contributed by atoms with Crippen molar-refractivity contribution in [3.63, 3.8) is 0 Å². The van der Waals surface area contributed by atoms with Crippen molar-refractivity contribution in [1.29, 1.82) is 0 Å². The molecule has 0 bridgehead atoms. The highest BCUT2D eigenvalue weighted by Gasteiger charge is 2.22. The summed E-state index contributed by atoms with van der Waals surface area (Å²) in [4.78, 5) is 0. The Morgan fingerprint density at radius 3 is 1.54 bits per heavy atom. The van der Waals surface area contributed by atoms with Crippen molar-refractivity contribution in [2.45, 2.75) is 6.32 Å². The highest BCUT2D eigenvalue weighted by molar-refractivity contribution is 6.88. The van der Waals surface area contributed by atoms with Gasteiger partial charge < -0.3 is 5.73 Å². The maximum atomic E-state index is 5.99. The minimum Gasteiger partial charge on any atom is -0.331 e. The fraction of sp³-hybridized carbons (Fsp3) is 0.0909. The topological polar surface area (TPSA) is 26.0 Å². The molecular weight excluding hydrogens is 289 g/mol. The molecule has 0 aromatic heterocycles. The lowest BCUT2D eigenvalue weighted by atomic mass is 9.37. The maximum Gasteiger partial charge on any atom is 0.212 e. The first-order valence-electron chi connectivity index (χ1n) is 8.54. The third-order valence-corrected chi connectivity index (χ3v) is 4.85. The van der Waals surface area contributed by atoms with E-state index in [-0.39, 0.29) is 0 Å². The molecule has 116 valence electrons. The molecule has 0 amide bonds. The van der Waals surface area contributed by atoms with Gasteiger partial charge in [-0.25, -0.2) is 0 Å². The lowest BCUT2D eigenvalue weighted by molar-refractivity contribution is 1.12. The van der Waals surface area contributed by atoms with E-state index < -0.39 is 0 Å². The van der Waals surface area contributed by atoms with Gasteiger partial charge in [-0.3, -0.25) is 0 Å². The SMILES string of the molecule is NCCB(c1cccc2ccccc12)c1cccc2ccccc12. The first-order chi connectivity index (χ1) is 11.9. The smallest absolute Gasteiger partial charge is 0.212 e. The van der Waals surface area contributed by atoms with Crippen LogP contribution in [0.25, 0.3) is 21.5 Å². The van der Waals surface area contributed by atoms with E-state index in [0.29, 0.717) is 13.3 Å². The molecule has 4 aromatic rings. The van der Waals surface area contributed by atoms with Crippen molar-refractivity contribution in [2.24, 2.45) is 5.73 Å². The first-order valence-corrected chi connectivity index (χ1v) is 8.54. The minimum absolute atomic E-state index is 0.312. The van der Waals surface area contributed by atoms with Crippen LogP contribution in [0.3, 0.4) is 0 Å². The highest BCUT2D eigenvalue weighted by atomic mass is 14.5. The van der Waals surface area contributed by atoms with E-state index in [1.165, 1.54) is 32.5 Å². The van der Waals surface area contributed by atoms with Crippen LogP contribution in [-0.2, 0) is 0 Å². The third kappa shape index (κ3) is 2.59. The van der Waals surface area contributed by atoms with Gasteiger partial charge in [0.1, 0.15) is 0 Å². The molecule has 0 saturated carbocycles. The first kappa shape index (κ1) is 15.0. The van der Waals surface area contributed by atoms with Crippen LogP contribution in [0.2, 0.25) is 6.32 Å². The van der Waals surface area contributed by atoms with Gasteiger partial charge in [-0.2, -0.15) is 0 Å². The molecule has 0 fully saturated rings. The van der Waals surface area contributed by atoms with Crippen LogP contribution in [0.15, 0.2) is 84.9 Å². The number of benzene rings is 4. The Morgan fingerprint density at radius 1 is 0.583 bits per heavy atom. The summed E-state index contributed by atoms with van der Waals surface area (Å²) < 4.78 is 0. The molecule has 2 heteroatoms. The van der Waals surface area contributed by atoms with Crippen LogP contribution in [0.4, 0.5) is 0 Å². The Labute approximate surface area is 143 Å². The van der Waals surface area contributed by atoms with Gasteiger partial charge in [0, 0.05) is 0 Å². The molecule has 4 rings (SSSR count). The summed E-state index contributed by atoms with van der Waals surface area (Å²) >= 11 is 0. The third-order valence-electron chi connectivity index (χ3n) is 4.85. The predicted molar refractivity (Wildman–Crippen MR) is 107 cm³/mol. The lowest BCUT2D eigenvalue weighted by Gasteiger charge is -2.18. The normalized spacial score (nSPS) is 11.0. The van der Waals surface area contributed by atoms with Crippen LogP contribution in [0.5, 0.6) is 0 Å². The van der Waals surface area contributed by atoms with Crippen molar-refractivity contribution in [2.75, 3.05) is 6.54 Å². The van der Waals surface area contributed by atoms with E-state index in [4.69, 9.17) is 5.73 Å². The summed E-state index contributed by atoms with van der Waals surface area (Å²) in [5.41, 5.74) is 8.73. The molecule has 0 heterocycles. The molecule has 0 aliphatic carbocycles. The number of fused-ring (bicyclic) bond motifs is 2. The summed E-state index contributed by atoms with van der Waals surface area (Å²) in [5, 5.41) is 5.23. The van der Waals surface area contributed by atoms with Crippen LogP contribution in [-0.4, -0.2) is 13.3 Å². The minimum atomic E-state index is 0.312. The fourth-order valence-electron chi connectivity index (χ4n) is 3.75. The van der Waals surface area contributed by atoms with Gasteiger partial charge in [-0.15, -0.1) is 0 Å². The van der Waals surface area contributed by atoms with E-state index in [2.05, 4.69) is 84.9 Å². The van der Waals surface area contributed by atoms with Gasteiger partial charge in [0.15, 0.2) is 0 Å². The summed E-state index contributed by atoms with van der Waals surface area (Å²) in [6.07, 6.45) is 0.946. The van der Waals surface area contributed by atoms with E-state index >= 15 is 0 Å². The largest absolute Gasteiger partial charge is 0.331 e. The molecule has 24 heavy (non-hydrogen) atoms. The Morgan fingerprint density at radius 2 is 1.04 bits per heavy atom. The number of hydrogen-bond acceptors (Lipinski definition) is 1. The van der Waals surface area contributed by atoms with E-state index in [0.717, 1.165) is 6.32 Å². The zero-order valence-corrected chi connectivity index (χ0v) is 13.7. The Bertz CT molecular complexity index is 903. The summed E-state index contributed by atoms with van der Waals surface area (Å²) in [7, 11) is 0. The summed E-state index contributed by atoms with van der Waals surface area (Å²) in [6, 6.07) is 30.4. The lowest BCUT2D eigenvalue weighted by Crippen LogP contribution is -2.44. The van der Waals surface area contributed by atoms with Crippen LogP contribution in [0, 0.1) is 0 Å². The Balaban J connectivity index is 1.96. The van der Waals surface area contributed by atoms with Gasteiger partial charge in [-0.1, -0.05) is 102 Å². The molecule has 2 N–H and O–H groups in total. The van der Waals surface area contributed by atoms with E-state index in [1.807, 2.05) is 0 Å². The number of hydrogen-bond donors (Lipinski definition) is 1. The van der Waals surface area contributed by atoms with Gasteiger partial charge in [0.05, 0.1) is 0 Å². The average Bonchev–Trinajstić information content (AvgIpc) is 2.65. The Kier molecular flexibility index (Phi) is 4.06. The average molecular weight is 309 g/mol. The predicted octanol–water partition coefficient (Wildman–Crippen LogP) is 3.56. The van der Waals surface area contributed by atoms with Crippen molar-refractivity contribution >= 4 is 39.2 Å². The quantitative estimate of drug-likeness (QED) is 0.573. The van der Waals surface area contributed by atoms with Gasteiger partial charge in [-0.05, 0) is 28.1 Å². The van der Waals surface area contributed by atoms with Crippen LogP contribution < -0.4 is 16.7 Å². The van der Waals surface area contributed by atoms with E-state index in [1.54, 1.807) is 0 Å². The monoisotopic (exact) mass is 309 g/mol. The number of rotatable bonds is 4. The zero-order chi connectivity index (χ0) is 16.4. The molecular formula is C22H20BN. The van der Waals surface area contributed by atoms with Crippen molar-refractivity contribution in [3.8, 4) is 0 Å². The summed E-state index contributed by atoms with van der Waals surface area (Å²) in [6.45, 7) is 0.990. The van der Waals surface area contributed by atoms with Gasteiger partial charge >= 0.3 is 0 Å². The second-order valence-electron chi connectivity index (χ2n) is 6.27. The molecule has 0 unspecified atom stereocenters. The van der Waals surface area contributed by atoms with Crippen molar-refractivity contribution < 1.29 is 0 Å².